The van der Waals surface area contributed by atoms with E-state index in [-0.39, 0.29) is 6.61 Å². The zero-order valence-electron chi connectivity index (χ0n) is 8.36. The summed E-state index contributed by atoms with van der Waals surface area (Å²) in [4.78, 5) is 4.17. The van der Waals surface area contributed by atoms with Gasteiger partial charge in [-0.25, -0.2) is 4.98 Å². The van der Waals surface area contributed by atoms with Gasteiger partial charge in [-0.05, 0) is 11.6 Å². The van der Waals surface area contributed by atoms with Crippen molar-refractivity contribution in [1.82, 2.24) is 4.98 Å². The van der Waals surface area contributed by atoms with Crippen molar-refractivity contribution in [2.24, 2.45) is 0 Å². The summed E-state index contributed by atoms with van der Waals surface area (Å²) >= 11 is 1.39. The Hall–Kier alpha value is -1.17. The Labute approximate surface area is 91.3 Å². The van der Waals surface area contributed by atoms with Crippen LogP contribution in [0.3, 0.4) is 0 Å². The van der Waals surface area contributed by atoms with Crippen molar-refractivity contribution in [1.29, 1.82) is 0 Å². The fourth-order valence-corrected chi connectivity index (χ4v) is 2.46. The molecule has 0 spiro atoms. The van der Waals surface area contributed by atoms with Gasteiger partial charge < -0.3 is 15.6 Å². The summed E-state index contributed by atoms with van der Waals surface area (Å²) in [6, 6.07) is 3.81. The van der Waals surface area contributed by atoms with E-state index in [0.29, 0.717) is 11.7 Å². The molecule has 1 aromatic carbocycles. The lowest BCUT2D eigenvalue weighted by molar-refractivity contribution is 0.181. The molecule has 0 radical (unpaired) electrons. The predicted octanol–water partition coefficient (Wildman–Crippen LogP) is 1.52. The number of aliphatic hydroxyl groups excluding tert-OH is 1. The zero-order valence-corrected chi connectivity index (χ0v) is 9.17. The van der Waals surface area contributed by atoms with Crippen LogP contribution in [0.2, 0.25) is 0 Å². The molecule has 1 heterocycles. The molecule has 0 aliphatic rings. The van der Waals surface area contributed by atoms with Gasteiger partial charge in [0.2, 0.25) is 0 Å². The highest BCUT2D eigenvalue weighted by Gasteiger charge is 2.10. The first-order valence-corrected chi connectivity index (χ1v) is 5.34. The Morgan fingerprint density at radius 2 is 2.33 bits per heavy atom. The fourth-order valence-electron chi connectivity index (χ4n) is 1.57. The smallest absolute Gasteiger partial charge is 0.181 e. The first-order valence-electron chi connectivity index (χ1n) is 4.53. The van der Waals surface area contributed by atoms with Gasteiger partial charge in [0, 0.05) is 12.7 Å². The van der Waals surface area contributed by atoms with Gasteiger partial charge in [0.1, 0.15) is 0 Å². The molecule has 3 N–H and O–H groups in total. The van der Waals surface area contributed by atoms with Crippen LogP contribution in [0.25, 0.3) is 10.2 Å². The van der Waals surface area contributed by atoms with E-state index in [1.54, 1.807) is 7.11 Å². The van der Waals surface area contributed by atoms with Gasteiger partial charge in [0.25, 0.3) is 0 Å². The fraction of sp³-hybridized carbons (Fsp3) is 0.300. The Balaban J connectivity index is 2.63. The summed E-state index contributed by atoms with van der Waals surface area (Å²) in [6.07, 6.45) is 0. The third-order valence-electron chi connectivity index (χ3n) is 2.23. The molecule has 0 bridgehead atoms. The molecule has 0 aliphatic carbocycles. The number of nitrogen functional groups attached to an aromatic ring is 1. The summed E-state index contributed by atoms with van der Waals surface area (Å²) in [5.74, 6) is 0. The molecule has 5 heteroatoms. The van der Waals surface area contributed by atoms with E-state index in [2.05, 4.69) is 4.98 Å². The van der Waals surface area contributed by atoms with Crippen LogP contribution >= 0.6 is 11.3 Å². The molecule has 0 fully saturated rings. The number of anilines is 1. The molecule has 4 nitrogen and oxygen atoms in total. The molecule has 80 valence electrons. The highest BCUT2D eigenvalue weighted by molar-refractivity contribution is 7.22. The van der Waals surface area contributed by atoms with E-state index in [9.17, 15) is 5.11 Å². The van der Waals surface area contributed by atoms with E-state index in [4.69, 9.17) is 10.5 Å². The first kappa shape index (κ1) is 10.4. The van der Waals surface area contributed by atoms with Crippen LogP contribution in [0.4, 0.5) is 5.13 Å². The minimum Gasteiger partial charge on any atom is -0.392 e. The second-order valence-electron chi connectivity index (χ2n) is 3.19. The van der Waals surface area contributed by atoms with Crippen molar-refractivity contribution in [3.8, 4) is 0 Å². The van der Waals surface area contributed by atoms with Crippen molar-refractivity contribution in [3.63, 3.8) is 0 Å². The number of aromatic nitrogens is 1. The van der Waals surface area contributed by atoms with Crippen molar-refractivity contribution in [2.75, 3.05) is 12.8 Å². The molecule has 0 unspecified atom stereocenters. The quantitative estimate of drug-likeness (QED) is 0.829. The third-order valence-corrected chi connectivity index (χ3v) is 3.19. The van der Waals surface area contributed by atoms with Crippen molar-refractivity contribution < 1.29 is 9.84 Å². The van der Waals surface area contributed by atoms with Crippen molar-refractivity contribution in [2.45, 2.75) is 13.2 Å². The number of thiazole rings is 1. The third kappa shape index (κ3) is 1.81. The number of hydrogen-bond donors (Lipinski definition) is 2. The van der Waals surface area contributed by atoms with Gasteiger partial charge in [-0.3, -0.25) is 0 Å². The molecule has 0 atom stereocenters. The van der Waals surface area contributed by atoms with Crippen LogP contribution in [-0.4, -0.2) is 17.2 Å². The van der Waals surface area contributed by atoms with E-state index < -0.39 is 0 Å². The number of fused-ring (bicyclic) bond motifs is 1. The lowest BCUT2D eigenvalue weighted by Crippen LogP contribution is -1.95. The summed E-state index contributed by atoms with van der Waals surface area (Å²) in [5, 5.41) is 9.86. The molecule has 0 amide bonds. The minimum absolute atomic E-state index is 0.0162. The van der Waals surface area contributed by atoms with Crippen LogP contribution in [-0.2, 0) is 18.0 Å². The molecule has 0 saturated heterocycles. The molecular weight excluding hydrogens is 212 g/mol. The maximum Gasteiger partial charge on any atom is 0.181 e. The SMILES string of the molecule is COCc1ccc2nc(N)sc2c1CO. The van der Waals surface area contributed by atoms with E-state index in [1.165, 1.54) is 11.3 Å². The normalized spacial score (nSPS) is 11.1. The lowest BCUT2D eigenvalue weighted by atomic mass is 10.1. The molecule has 1 aromatic heterocycles. The van der Waals surface area contributed by atoms with Crippen LogP contribution in [0.15, 0.2) is 12.1 Å². The zero-order chi connectivity index (χ0) is 10.8. The first-order chi connectivity index (χ1) is 7.26. The monoisotopic (exact) mass is 224 g/mol. The summed E-state index contributed by atoms with van der Waals surface area (Å²) in [5.41, 5.74) is 8.31. The largest absolute Gasteiger partial charge is 0.392 e. The molecule has 0 aliphatic heterocycles. The van der Waals surface area contributed by atoms with Crippen molar-refractivity contribution in [3.05, 3.63) is 23.3 Å². The average Bonchev–Trinajstić information content (AvgIpc) is 2.58. The Bertz CT molecular complexity index is 481. The van der Waals surface area contributed by atoms with Crippen LogP contribution < -0.4 is 5.73 Å². The Morgan fingerprint density at radius 1 is 1.53 bits per heavy atom. The number of benzene rings is 1. The topological polar surface area (TPSA) is 68.4 Å². The molecule has 15 heavy (non-hydrogen) atoms. The van der Waals surface area contributed by atoms with Crippen LogP contribution in [0.1, 0.15) is 11.1 Å². The Morgan fingerprint density at radius 3 is 3.00 bits per heavy atom. The second-order valence-corrected chi connectivity index (χ2v) is 4.23. The molecular formula is C10H12N2O2S. The van der Waals surface area contributed by atoms with Gasteiger partial charge in [-0.2, -0.15) is 0 Å². The highest BCUT2D eigenvalue weighted by Crippen LogP contribution is 2.29. The number of rotatable bonds is 3. The predicted molar refractivity (Wildman–Crippen MR) is 60.7 cm³/mol. The maximum absolute atomic E-state index is 9.33. The van der Waals surface area contributed by atoms with E-state index in [0.717, 1.165) is 21.3 Å². The average molecular weight is 224 g/mol. The van der Waals surface area contributed by atoms with Gasteiger partial charge in [0.15, 0.2) is 5.13 Å². The number of hydrogen-bond acceptors (Lipinski definition) is 5. The molecule has 0 saturated carbocycles. The van der Waals surface area contributed by atoms with Crippen molar-refractivity contribution >= 4 is 26.7 Å². The molecule has 2 rings (SSSR count). The van der Waals surface area contributed by atoms with Crippen LogP contribution in [0, 0.1) is 0 Å². The number of nitrogens with zero attached hydrogens (tertiary/aromatic N) is 1. The second kappa shape index (κ2) is 4.14. The van der Waals surface area contributed by atoms with Gasteiger partial charge >= 0.3 is 0 Å². The van der Waals surface area contributed by atoms with E-state index >= 15 is 0 Å². The maximum atomic E-state index is 9.33. The number of methoxy groups -OCH3 is 1. The lowest BCUT2D eigenvalue weighted by Gasteiger charge is -2.06. The summed E-state index contributed by atoms with van der Waals surface area (Å²) < 4.78 is 6.02. The standard InChI is InChI=1S/C10H12N2O2S/c1-14-5-6-2-3-8-9(7(6)4-13)15-10(11)12-8/h2-3,13H,4-5H2,1H3,(H2,11,12). The molecule has 2 aromatic rings. The van der Waals surface area contributed by atoms with Gasteiger partial charge in [0.05, 0.1) is 23.4 Å². The number of ether oxygens (including phenoxy) is 1. The minimum atomic E-state index is -0.0162. The van der Waals surface area contributed by atoms with Gasteiger partial charge in [-0.1, -0.05) is 17.4 Å². The van der Waals surface area contributed by atoms with Gasteiger partial charge in [-0.15, -0.1) is 0 Å². The summed E-state index contributed by atoms with van der Waals surface area (Å²) in [7, 11) is 1.63. The van der Waals surface area contributed by atoms with E-state index in [1.807, 2.05) is 12.1 Å². The van der Waals surface area contributed by atoms with Crippen LogP contribution in [0.5, 0.6) is 0 Å². The number of aliphatic hydroxyl groups is 1. The summed E-state index contributed by atoms with van der Waals surface area (Å²) in [6.45, 7) is 0.474. The number of nitrogens with two attached hydrogens (primary N) is 1. The highest BCUT2D eigenvalue weighted by atomic mass is 32.1. The Kier molecular flexibility index (Phi) is 2.86.